The summed E-state index contributed by atoms with van der Waals surface area (Å²) >= 11 is 0. The van der Waals surface area contributed by atoms with Gasteiger partial charge in [0.2, 0.25) is 0 Å². The largest absolute Gasteiger partial charge is 0.394 e. The maximum atomic E-state index is 8.88. The third-order valence-corrected chi connectivity index (χ3v) is 2.28. The fraction of sp³-hybridized carbons (Fsp3) is 0.600. The lowest BCUT2D eigenvalue weighted by atomic mass is 10.3. The third-order valence-electron chi connectivity index (χ3n) is 2.28. The zero-order valence-electron chi connectivity index (χ0n) is 8.27. The van der Waals surface area contributed by atoms with Crippen molar-refractivity contribution in [3.05, 3.63) is 18.1 Å². The second kappa shape index (κ2) is 3.92. The second-order valence-electron chi connectivity index (χ2n) is 3.80. The summed E-state index contributed by atoms with van der Waals surface area (Å²) in [5.74, 6) is 2.31. The van der Waals surface area contributed by atoms with Gasteiger partial charge in [0, 0.05) is 18.2 Å². The predicted octanol–water partition coefficient (Wildman–Crippen LogP) is 1.15. The van der Waals surface area contributed by atoms with Crippen molar-refractivity contribution in [2.75, 3.05) is 11.9 Å². The summed E-state index contributed by atoms with van der Waals surface area (Å²) in [5, 5.41) is 12.0. The number of nitrogens with one attached hydrogen (secondary N) is 1. The zero-order valence-corrected chi connectivity index (χ0v) is 8.27. The van der Waals surface area contributed by atoms with Crippen molar-refractivity contribution in [2.45, 2.75) is 31.7 Å². The summed E-state index contributed by atoms with van der Waals surface area (Å²) in [6.07, 6.45) is 4.19. The van der Waals surface area contributed by atoms with E-state index in [2.05, 4.69) is 15.3 Å². The number of hydrogen-bond donors (Lipinski definition) is 2. The van der Waals surface area contributed by atoms with Crippen LogP contribution in [0.3, 0.4) is 0 Å². The highest BCUT2D eigenvalue weighted by molar-refractivity contribution is 5.34. The summed E-state index contributed by atoms with van der Waals surface area (Å²) in [6, 6.07) is 1.87. The van der Waals surface area contributed by atoms with Gasteiger partial charge in [0.05, 0.1) is 6.61 Å². The molecule has 1 atom stereocenters. The van der Waals surface area contributed by atoms with Gasteiger partial charge in [-0.2, -0.15) is 0 Å². The van der Waals surface area contributed by atoms with Gasteiger partial charge in [-0.15, -0.1) is 0 Å². The standard InChI is InChI=1S/C10H15N3O/c1-7(6-14)12-9-4-5-11-10(13-9)8-2-3-8/h4-5,7-8,14H,2-3,6H2,1H3,(H,11,12,13)/t7-/m0/s1. The maximum absolute atomic E-state index is 8.88. The number of rotatable bonds is 4. The number of anilines is 1. The number of hydrogen-bond acceptors (Lipinski definition) is 4. The molecule has 4 nitrogen and oxygen atoms in total. The SMILES string of the molecule is C[C@@H](CO)Nc1ccnc(C2CC2)n1. The number of aliphatic hydroxyl groups is 1. The summed E-state index contributed by atoms with van der Waals surface area (Å²) in [6.45, 7) is 2.03. The molecule has 0 spiro atoms. The van der Waals surface area contributed by atoms with Crippen molar-refractivity contribution in [1.82, 2.24) is 9.97 Å². The van der Waals surface area contributed by atoms with Crippen LogP contribution in [-0.4, -0.2) is 27.7 Å². The van der Waals surface area contributed by atoms with Crippen LogP contribution in [0, 0.1) is 0 Å². The molecule has 0 aromatic carbocycles. The monoisotopic (exact) mass is 193 g/mol. The van der Waals surface area contributed by atoms with Crippen LogP contribution in [0.2, 0.25) is 0 Å². The highest BCUT2D eigenvalue weighted by Gasteiger charge is 2.26. The third kappa shape index (κ3) is 2.20. The molecule has 1 heterocycles. The van der Waals surface area contributed by atoms with E-state index in [1.54, 1.807) is 6.20 Å². The molecule has 1 aliphatic rings. The van der Waals surface area contributed by atoms with Crippen LogP contribution in [-0.2, 0) is 0 Å². The first-order valence-corrected chi connectivity index (χ1v) is 5.00. The smallest absolute Gasteiger partial charge is 0.133 e. The minimum Gasteiger partial charge on any atom is -0.394 e. The Kier molecular flexibility index (Phi) is 2.63. The summed E-state index contributed by atoms with van der Waals surface area (Å²) in [4.78, 5) is 8.61. The minimum absolute atomic E-state index is 0.0388. The molecular formula is C10H15N3O. The zero-order chi connectivity index (χ0) is 9.97. The molecule has 1 aromatic heterocycles. The molecule has 1 aliphatic carbocycles. The summed E-state index contributed by atoms with van der Waals surface area (Å²) in [7, 11) is 0. The van der Waals surface area contributed by atoms with Gasteiger partial charge in [0.15, 0.2) is 0 Å². The quantitative estimate of drug-likeness (QED) is 0.753. The average Bonchev–Trinajstić information content (AvgIpc) is 3.01. The lowest BCUT2D eigenvalue weighted by Crippen LogP contribution is -2.20. The lowest BCUT2D eigenvalue weighted by Gasteiger charge is -2.11. The van der Waals surface area contributed by atoms with Crippen LogP contribution in [0.5, 0.6) is 0 Å². The molecular weight excluding hydrogens is 178 g/mol. The van der Waals surface area contributed by atoms with Crippen LogP contribution >= 0.6 is 0 Å². The summed E-state index contributed by atoms with van der Waals surface area (Å²) < 4.78 is 0. The predicted molar refractivity (Wildman–Crippen MR) is 54.2 cm³/mol. The topological polar surface area (TPSA) is 58.0 Å². The first kappa shape index (κ1) is 9.40. The molecule has 4 heteroatoms. The van der Waals surface area contributed by atoms with Crippen molar-refractivity contribution < 1.29 is 5.11 Å². The average molecular weight is 193 g/mol. The number of aliphatic hydroxyl groups excluding tert-OH is 1. The Morgan fingerprint density at radius 1 is 1.64 bits per heavy atom. The molecule has 0 radical (unpaired) electrons. The Morgan fingerprint density at radius 2 is 2.43 bits per heavy atom. The van der Waals surface area contributed by atoms with Crippen molar-refractivity contribution in [2.24, 2.45) is 0 Å². The Morgan fingerprint density at radius 3 is 3.07 bits per heavy atom. The van der Waals surface area contributed by atoms with E-state index in [-0.39, 0.29) is 12.6 Å². The van der Waals surface area contributed by atoms with Gasteiger partial charge < -0.3 is 10.4 Å². The van der Waals surface area contributed by atoms with Crippen LogP contribution < -0.4 is 5.32 Å². The fourth-order valence-corrected chi connectivity index (χ4v) is 1.29. The van der Waals surface area contributed by atoms with Gasteiger partial charge >= 0.3 is 0 Å². The van der Waals surface area contributed by atoms with Crippen LogP contribution in [0.25, 0.3) is 0 Å². The van der Waals surface area contributed by atoms with Crippen LogP contribution in [0.15, 0.2) is 12.3 Å². The van der Waals surface area contributed by atoms with Gasteiger partial charge in [-0.3, -0.25) is 0 Å². The van der Waals surface area contributed by atoms with Gasteiger partial charge in [-0.1, -0.05) is 0 Å². The van der Waals surface area contributed by atoms with E-state index < -0.39 is 0 Å². The molecule has 2 N–H and O–H groups in total. The van der Waals surface area contributed by atoms with Crippen LogP contribution in [0.1, 0.15) is 31.5 Å². The fourth-order valence-electron chi connectivity index (χ4n) is 1.29. The molecule has 14 heavy (non-hydrogen) atoms. The van der Waals surface area contributed by atoms with Crippen molar-refractivity contribution >= 4 is 5.82 Å². The molecule has 2 rings (SSSR count). The first-order chi connectivity index (χ1) is 6.79. The normalized spacial score (nSPS) is 17.9. The van der Waals surface area contributed by atoms with E-state index in [9.17, 15) is 0 Å². The Bertz CT molecular complexity index is 312. The second-order valence-corrected chi connectivity index (χ2v) is 3.80. The molecule has 0 amide bonds. The van der Waals surface area contributed by atoms with Crippen molar-refractivity contribution in [3.63, 3.8) is 0 Å². The van der Waals surface area contributed by atoms with E-state index >= 15 is 0 Å². The molecule has 0 saturated heterocycles. The minimum atomic E-state index is 0.0388. The van der Waals surface area contributed by atoms with E-state index in [0.29, 0.717) is 5.92 Å². The number of aromatic nitrogens is 2. The van der Waals surface area contributed by atoms with E-state index in [1.807, 2.05) is 13.0 Å². The summed E-state index contributed by atoms with van der Waals surface area (Å²) in [5.41, 5.74) is 0. The van der Waals surface area contributed by atoms with E-state index in [1.165, 1.54) is 12.8 Å². The molecule has 1 aromatic rings. The van der Waals surface area contributed by atoms with Gasteiger partial charge in [0.25, 0.3) is 0 Å². The van der Waals surface area contributed by atoms with Crippen LogP contribution in [0.4, 0.5) is 5.82 Å². The number of nitrogens with zero attached hydrogens (tertiary/aromatic N) is 2. The van der Waals surface area contributed by atoms with E-state index in [0.717, 1.165) is 11.6 Å². The van der Waals surface area contributed by atoms with Gasteiger partial charge in [0.1, 0.15) is 11.6 Å². The van der Waals surface area contributed by atoms with Crippen molar-refractivity contribution in [3.8, 4) is 0 Å². The molecule has 0 aliphatic heterocycles. The highest BCUT2D eigenvalue weighted by Crippen LogP contribution is 2.37. The first-order valence-electron chi connectivity index (χ1n) is 5.00. The van der Waals surface area contributed by atoms with Gasteiger partial charge in [-0.25, -0.2) is 9.97 Å². The maximum Gasteiger partial charge on any atom is 0.133 e. The van der Waals surface area contributed by atoms with E-state index in [4.69, 9.17) is 5.11 Å². The molecule has 76 valence electrons. The molecule has 0 unspecified atom stereocenters. The Hall–Kier alpha value is -1.16. The molecule has 0 bridgehead atoms. The van der Waals surface area contributed by atoms with Gasteiger partial charge in [-0.05, 0) is 25.8 Å². The highest BCUT2D eigenvalue weighted by atomic mass is 16.3. The Balaban J connectivity index is 2.05. The lowest BCUT2D eigenvalue weighted by molar-refractivity contribution is 0.281. The Labute approximate surface area is 83.4 Å². The molecule has 1 saturated carbocycles. The molecule has 1 fully saturated rings. The van der Waals surface area contributed by atoms with Crippen molar-refractivity contribution in [1.29, 1.82) is 0 Å².